The molecule has 0 aromatic carbocycles. The second kappa shape index (κ2) is 4.26. The van der Waals surface area contributed by atoms with Crippen molar-refractivity contribution >= 4 is 15.9 Å². The Bertz CT molecular complexity index is 372. The zero-order valence-corrected chi connectivity index (χ0v) is 11.0. The molecule has 1 aliphatic heterocycles. The molecule has 0 aromatic rings. The maximum atomic E-state index is 5.61. The van der Waals surface area contributed by atoms with Crippen molar-refractivity contribution in [1.29, 1.82) is 0 Å². The van der Waals surface area contributed by atoms with Crippen molar-refractivity contribution in [3.05, 3.63) is 34.7 Å². The Hall–Kier alpha value is -0.740. The van der Waals surface area contributed by atoms with Crippen LogP contribution in [0.4, 0.5) is 0 Å². The zero-order valence-electron chi connectivity index (χ0n) is 9.46. The standard InChI is InChI=1S/C12H15BrO3/c1-4-14-8(2)12(3)6-5-9(13)10-11(12)16-7-15-10/h5-6,11H,2,4,7H2,1,3H3. The number of hydrogen-bond acceptors (Lipinski definition) is 3. The van der Waals surface area contributed by atoms with Gasteiger partial charge in [0.1, 0.15) is 17.6 Å². The number of hydrogen-bond donors (Lipinski definition) is 0. The molecule has 1 heterocycles. The van der Waals surface area contributed by atoms with Gasteiger partial charge in [0.2, 0.25) is 0 Å². The summed E-state index contributed by atoms with van der Waals surface area (Å²) in [5, 5.41) is 0. The van der Waals surface area contributed by atoms with E-state index in [0.29, 0.717) is 12.4 Å². The van der Waals surface area contributed by atoms with Gasteiger partial charge in [-0.3, -0.25) is 0 Å². The van der Waals surface area contributed by atoms with Crippen LogP contribution >= 0.6 is 15.9 Å². The van der Waals surface area contributed by atoms with Gasteiger partial charge in [0, 0.05) is 0 Å². The van der Waals surface area contributed by atoms with Crippen LogP contribution in [-0.4, -0.2) is 19.5 Å². The Morgan fingerprint density at radius 1 is 1.75 bits per heavy atom. The van der Waals surface area contributed by atoms with Crippen molar-refractivity contribution in [2.24, 2.45) is 5.41 Å². The lowest BCUT2D eigenvalue weighted by atomic mass is 9.78. The van der Waals surface area contributed by atoms with Crippen LogP contribution in [0.5, 0.6) is 0 Å². The van der Waals surface area contributed by atoms with Gasteiger partial charge in [-0.2, -0.15) is 0 Å². The van der Waals surface area contributed by atoms with Gasteiger partial charge in [-0.1, -0.05) is 12.7 Å². The lowest BCUT2D eigenvalue weighted by Crippen LogP contribution is -2.35. The predicted octanol–water partition coefficient (Wildman–Crippen LogP) is 3.09. The highest BCUT2D eigenvalue weighted by molar-refractivity contribution is 9.11. The summed E-state index contributed by atoms with van der Waals surface area (Å²) in [4.78, 5) is 0. The molecule has 0 N–H and O–H groups in total. The monoisotopic (exact) mass is 286 g/mol. The van der Waals surface area contributed by atoms with E-state index in [1.807, 2.05) is 26.0 Å². The number of halogens is 1. The van der Waals surface area contributed by atoms with E-state index in [4.69, 9.17) is 14.2 Å². The third-order valence-corrected chi connectivity index (χ3v) is 3.62. The van der Waals surface area contributed by atoms with E-state index in [2.05, 4.69) is 22.5 Å². The summed E-state index contributed by atoms with van der Waals surface area (Å²) >= 11 is 3.45. The number of fused-ring (bicyclic) bond motifs is 1. The van der Waals surface area contributed by atoms with Crippen molar-refractivity contribution < 1.29 is 14.2 Å². The molecule has 88 valence electrons. The van der Waals surface area contributed by atoms with Gasteiger partial charge in [-0.25, -0.2) is 0 Å². The highest BCUT2D eigenvalue weighted by Gasteiger charge is 2.46. The second-order valence-electron chi connectivity index (χ2n) is 3.99. The molecule has 0 amide bonds. The Balaban J connectivity index is 2.31. The maximum absolute atomic E-state index is 5.61. The minimum atomic E-state index is -0.362. The van der Waals surface area contributed by atoms with Crippen LogP contribution in [0, 0.1) is 5.41 Å². The summed E-state index contributed by atoms with van der Waals surface area (Å²) in [6.07, 6.45) is 3.86. The minimum absolute atomic E-state index is 0.147. The van der Waals surface area contributed by atoms with Gasteiger partial charge in [0.15, 0.2) is 6.79 Å². The predicted molar refractivity (Wildman–Crippen MR) is 64.8 cm³/mol. The summed E-state index contributed by atoms with van der Waals surface area (Å²) < 4.78 is 17.5. The van der Waals surface area contributed by atoms with Crippen molar-refractivity contribution in [2.75, 3.05) is 13.4 Å². The molecule has 4 heteroatoms. The molecule has 0 spiro atoms. The first-order valence-corrected chi connectivity index (χ1v) is 6.04. The van der Waals surface area contributed by atoms with Crippen LogP contribution in [0.15, 0.2) is 34.7 Å². The Kier molecular flexibility index (Phi) is 3.13. The van der Waals surface area contributed by atoms with Gasteiger partial charge in [-0.05, 0) is 35.9 Å². The average molecular weight is 287 g/mol. The average Bonchev–Trinajstić information content (AvgIpc) is 2.74. The second-order valence-corrected chi connectivity index (χ2v) is 4.85. The molecule has 1 aliphatic carbocycles. The molecular formula is C12H15BrO3. The molecule has 1 fully saturated rings. The first kappa shape index (κ1) is 11.7. The molecule has 0 aromatic heterocycles. The van der Waals surface area contributed by atoms with E-state index in [-0.39, 0.29) is 18.3 Å². The maximum Gasteiger partial charge on any atom is 0.189 e. The van der Waals surface area contributed by atoms with Crippen molar-refractivity contribution in [2.45, 2.75) is 20.0 Å². The molecule has 2 rings (SSSR count). The van der Waals surface area contributed by atoms with E-state index in [0.717, 1.165) is 10.2 Å². The highest BCUT2D eigenvalue weighted by atomic mass is 79.9. The zero-order chi connectivity index (χ0) is 11.8. The molecule has 0 saturated carbocycles. The Morgan fingerprint density at radius 3 is 3.19 bits per heavy atom. The van der Waals surface area contributed by atoms with Crippen LogP contribution in [-0.2, 0) is 14.2 Å². The fraction of sp³-hybridized carbons (Fsp3) is 0.500. The van der Waals surface area contributed by atoms with Crippen LogP contribution in [0.1, 0.15) is 13.8 Å². The van der Waals surface area contributed by atoms with E-state index in [9.17, 15) is 0 Å². The lowest BCUT2D eigenvalue weighted by molar-refractivity contribution is 0.00561. The highest BCUT2D eigenvalue weighted by Crippen LogP contribution is 2.45. The lowest BCUT2D eigenvalue weighted by Gasteiger charge is -2.34. The van der Waals surface area contributed by atoms with Crippen LogP contribution in [0.3, 0.4) is 0 Å². The largest absolute Gasteiger partial charge is 0.498 e. The van der Waals surface area contributed by atoms with E-state index >= 15 is 0 Å². The SMILES string of the molecule is C=C(OCC)C1(C)C=CC(Br)=C2OCOC21. The molecule has 2 unspecified atom stereocenters. The molecule has 0 bridgehead atoms. The normalized spacial score (nSPS) is 32.3. The quantitative estimate of drug-likeness (QED) is 0.747. The molecule has 0 radical (unpaired) electrons. The molecule has 2 aliphatic rings. The van der Waals surface area contributed by atoms with Crippen LogP contribution in [0.2, 0.25) is 0 Å². The topological polar surface area (TPSA) is 27.7 Å². The van der Waals surface area contributed by atoms with Gasteiger partial charge in [0.25, 0.3) is 0 Å². The van der Waals surface area contributed by atoms with Gasteiger partial charge < -0.3 is 14.2 Å². The van der Waals surface area contributed by atoms with Gasteiger partial charge in [0.05, 0.1) is 16.5 Å². The van der Waals surface area contributed by atoms with E-state index in [1.165, 1.54) is 0 Å². The fourth-order valence-electron chi connectivity index (χ4n) is 1.94. The van der Waals surface area contributed by atoms with Crippen molar-refractivity contribution in [3.63, 3.8) is 0 Å². The summed E-state index contributed by atoms with van der Waals surface area (Å²) in [6.45, 7) is 8.86. The van der Waals surface area contributed by atoms with Gasteiger partial charge >= 0.3 is 0 Å². The third kappa shape index (κ3) is 1.70. The molecule has 2 atom stereocenters. The first-order valence-electron chi connectivity index (χ1n) is 5.25. The van der Waals surface area contributed by atoms with E-state index < -0.39 is 0 Å². The Morgan fingerprint density at radius 2 is 2.50 bits per heavy atom. The summed E-state index contributed by atoms with van der Waals surface area (Å²) in [7, 11) is 0. The molecule has 3 nitrogen and oxygen atoms in total. The smallest absolute Gasteiger partial charge is 0.189 e. The molecular weight excluding hydrogens is 272 g/mol. The minimum Gasteiger partial charge on any atom is -0.498 e. The van der Waals surface area contributed by atoms with Crippen LogP contribution in [0.25, 0.3) is 0 Å². The van der Waals surface area contributed by atoms with Gasteiger partial charge in [-0.15, -0.1) is 0 Å². The van der Waals surface area contributed by atoms with Crippen molar-refractivity contribution in [1.82, 2.24) is 0 Å². The first-order chi connectivity index (χ1) is 7.59. The van der Waals surface area contributed by atoms with E-state index in [1.54, 1.807) is 0 Å². The Labute approximate surface area is 104 Å². The van der Waals surface area contributed by atoms with Crippen molar-refractivity contribution in [3.8, 4) is 0 Å². The molecule has 16 heavy (non-hydrogen) atoms. The summed E-state index contributed by atoms with van der Waals surface area (Å²) in [6, 6.07) is 0. The summed E-state index contributed by atoms with van der Waals surface area (Å²) in [5.74, 6) is 1.53. The molecule has 1 saturated heterocycles. The number of allylic oxidation sites excluding steroid dienone is 2. The third-order valence-electron chi connectivity index (χ3n) is 2.96. The number of ether oxygens (including phenoxy) is 3. The van der Waals surface area contributed by atoms with Crippen LogP contribution < -0.4 is 0 Å². The number of rotatable bonds is 3. The fourth-order valence-corrected chi connectivity index (χ4v) is 2.40. The summed E-state index contributed by atoms with van der Waals surface area (Å²) in [5.41, 5.74) is -0.362.